The average molecular weight is 369 g/mol. The summed E-state index contributed by atoms with van der Waals surface area (Å²) in [5.74, 6) is 0.102. The van der Waals surface area contributed by atoms with Crippen LogP contribution in [-0.4, -0.2) is 22.4 Å². The first-order valence-electron chi connectivity index (χ1n) is 8.06. The van der Waals surface area contributed by atoms with E-state index in [0.717, 1.165) is 16.8 Å². The van der Waals surface area contributed by atoms with Gasteiger partial charge < -0.3 is 4.74 Å². The second kappa shape index (κ2) is 8.54. The van der Waals surface area contributed by atoms with Crippen LogP contribution in [0.3, 0.4) is 0 Å². The van der Waals surface area contributed by atoms with E-state index in [2.05, 4.69) is 18.9 Å². The van der Waals surface area contributed by atoms with Crippen LogP contribution < -0.4 is 0 Å². The van der Waals surface area contributed by atoms with Crippen LogP contribution in [0, 0.1) is 0 Å². The van der Waals surface area contributed by atoms with E-state index in [-0.39, 0.29) is 11.9 Å². The minimum atomic E-state index is -0.180. The van der Waals surface area contributed by atoms with Gasteiger partial charge in [-0.05, 0) is 42.5 Å². The molecule has 0 aliphatic heterocycles. The number of carbonyl (C=O) groups excluding carboxylic acids is 1. The van der Waals surface area contributed by atoms with Crippen molar-refractivity contribution in [2.75, 3.05) is 6.61 Å². The first kappa shape index (κ1) is 18.8. The fourth-order valence-electron chi connectivity index (χ4n) is 2.53. The molecule has 4 nitrogen and oxygen atoms in total. The first-order valence-corrected chi connectivity index (χ1v) is 8.82. The third-order valence-electron chi connectivity index (χ3n) is 3.67. The van der Waals surface area contributed by atoms with E-state index in [1.54, 1.807) is 6.07 Å². The van der Waals surface area contributed by atoms with Crippen LogP contribution in [0.2, 0.25) is 10.0 Å². The van der Waals surface area contributed by atoms with Crippen LogP contribution in [0.5, 0.6) is 0 Å². The lowest BCUT2D eigenvalue weighted by atomic mass is 10.0. The predicted octanol–water partition coefficient (Wildman–Crippen LogP) is 4.86. The molecule has 24 heavy (non-hydrogen) atoms. The molecule has 1 aromatic carbocycles. The highest BCUT2D eigenvalue weighted by molar-refractivity contribution is 6.35. The zero-order valence-corrected chi connectivity index (χ0v) is 15.7. The molecule has 0 spiro atoms. The van der Waals surface area contributed by atoms with Crippen molar-refractivity contribution >= 4 is 29.2 Å². The molecule has 0 aliphatic carbocycles. The van der Waals surface area contributed by atoms with Gasteiger partial charge in [0.15, 0.2) is 0 Å². The van der Waals surface area contributed by atoms with E-state index in [0.29, 0.717) is 36.0 Å². The molecule has 2 aromatic rings. The summed E-state index contributed by atoms with van der Waals surface area (Å²) in [7, 11) is 0. The molecule has 0 unspecified atom stereocenters. The molecule has 0 saturated heterocycles. The normalized spacial score (nSPS) is 11.1. The van der Waals surface area contributed by atoms with E-state index in [4.69, 9.17) is 27.9 Å². The Kier molecular flexibility index (Phi) is 6.69. The Labute approximate surface area is 152 Å². The molecule has 0 bridgehead atoms. The van der Waals surface area contributed by atoms with Crippen LogP contribution in [0.15, 0.2) is 24.4 Å². The second-order valence-electron chi connectivity index (χ2n) is 5.93. The molecule has 1 aromatic heterocycles. The zero-order chi connectivity index (χ0) is 17.7. The van der Waals surface area contributed by atoms with Crippen LogP contribution in [-0.2, 0) is 22.5 Å². The van der Waals surface area contributed by atoms with Gasteiger partial charge in [-0.1, -0.05) is 43.1 Å². The van der Waals surface area contributed by atoms with Crippen LogP contribution in [0.1, 0.15) is 49.9 Å². The third-order valence-corrected chi connectivity index (χ3v) is 4.26. The summed E-state index contributed by atoms with van der Waals surface area (Å²) in [6, 6.07) is 5.45. The maximum atomic E-state index is 11.6. The van der Waals surface area contributed by atoms with E-state index >= 15 is 0 Å². The Balaban J connectivity index is 2.16. The summed E-state index contributed by atoms with van der Waals surface area (Å²) < 4.78 is 6.86. The fraction of sp³-hybridized carbons (Fsp3) is 0.444. The van der Waals surface area contributed by atoms with Gasteiger partial charge in [-0.25, -0.2) is 0 Å². The van der Waals surface area contributed by atoms with E-state index in [9.17, 15) is 4.79 Å². The fourth-order valence-corrected chi connectivity index (χ4v) is 3.00. The smallest absolute Gasteiger partial charge is 0.306 e. The minimum Gasteiger partial charge on any atom is -0.466 e. The van der Waals surface area contributed by atoms with Gasteiger partial charge in [-0.15, -0.1) is 0 Å². The van der Waals surface area contributed by atoms with E-state index in [1.807, 2.05) is 29.9 Å². The molecule has 0 atom stereocenters. The molecule has 0 aliphatic rings. The predicted molar refractivity (Wildman–Crippen MR) is 96.8 cm³/mol. The maximum Gasteiger partial charge on any atom is 0.306 e. The number of nitrogens with zero attached hydrogens (tertiary/aromatic N) is 2. The quantitative estimate of drug-likeness (QED) is 0.655. The first-order chi connectivity index (χ1) is 11.4. The molecule has 2 rings (SSSR count). The molecule has 0 amide bonds. The summed E-state index contributed by atoms with van der Waals surface area (Å²) in [4.78, 5) is 11.6. The molecule has 130 valence electrons. The SMILES string of the molecule is CCOC(=O)CCc1cn(Cc2ccc(Cl)cc2Cl)nc1C(C)C. The number of rotatable bonds is 7. The molecule has 6 heteroatoms. The number of ether oxygens (including phenoxy) is 1. The number of carbonyl (C=O) groups is 1. The Morgan fingerprint density at radius 1 is 1.29 bits per heavy atom. The van der Waals surface area contributed by atoms with Crippen molar-refractivity contribution in [3.63, 3.8) is 0 Å². The Hall–Kier alpha value is -1.52. The Morgan fingerprint density at radius 2 is 2.04 bits per heavy atom. The van der Waals surface area contributed by atoms with E-state index in [1.165, 1.54) is 0 Å². The Morgan fingerprint density at radius 3 is 2.67 bits per heavy atom. The van der Waals surface area contributed by atoms with Crippen LogP contribution >= 0.6 is 23.2 Å². The van der Waals surface area contributed by atoms with Gasteiger partial charge in [0.1, 0.15) is 0 Å². The standard InChI is InChI=1S/C18H22Cl2N2O2/c1-4-24-17(23)8-6-14-11-22(21-18(14)12(2)3)10-13-5-7-15(19)9-16(13)20/h5,7,9,11-12H,4,6,8,10H2,1-3H3. The molecule has 0 N–H and O–H groups in total. The number of hydrogen-bond donors (Lipinski definition) is 0. The van der Waals surface area contributed by atoms with Gasteiger partial charge in [0.2, 0.25) is 0 Å². The molecular weight excluding hydrogens is 347 g/mol. The highest BCUT2D eigenvalue weighted by Crippen LogP contribution is 2.24. The topological polar surface area (TPSA) is 44.1 Å². The van der Waals surface area contributed by atoms with Gasteiger partial charge in [-0.2, -0.15) is 5.10 Å². The molecule has 1 heterocycles. The van der Waals surface area contributed by atoms with Crippen LogP contribution in [0.4, 0.5) is 0 Å². The van der Waals surface area contributed by atoms with Crippen molar-refractivity contribution in [1.82, 2.24) is 9.78 Å². The number of aryl methyl sites for hydroxylation is 1. The molecule has 0 radical (unpaired) electrons. The van der Waals surface area contributed by atoms with Gasteiger partial charge in [0.05, 0.1) is 18.8 Å². The lowest BCUT2D eigenvalue weighted by Crippen LogP contribution is -2.06. The summed E-state index contributed by atoms with van der Waals surface area (Å²) in [6.07, 6.45) is 2.97. The summed E-state index contributed by atoms with van der Waals surface area (Å²) >= 11 is 12.2. The highest BCUT2D eigenvalue weighted by Gasteiger charge is 2.15. The summed E-state index contributed by atoms with van der Waals surface area (Å²) in [6.45, 7) is 6.97. The van der Waals surface area contributed by atoms with Crippen LogP contribution in [0.25, 0.3) is 0 Å². The number of benzene rings is 1. The Bertz CT molecular complexity index is 711. The number of aromatic nitrogens is 2. The van der Waals surface area contributed by atoms with Gasteiger partial charge in [0, 0.05) is 22.7 Å². The average Bonchev–Trinajstić information content (AvgIpc) is 2.92. The van der Waals surface area contributed by atoms with Crippen molar-refractivity contribution in [3.05, 3.63) is 51.3 Å². The summed E-state index contributed by atoms with van der Waals surface area (Å²) in [5, 5.41) is 5.90. The van der Waals surface area contributed by atoms with Crippen molar-refractivity contribution < 1.29 is 9.53 Å². The highest BCUT2D eigenvalue weighted by atomic mass is 35.5. The van der Waals surface area contributed by atoms with Crippen molar-refractivity contribution in [3.8, 4) is 0 Å². The van der Waals surface area contributed by atoms with Crippen molar-refractivity contribution in [2.24, 2.45) is 0 Å². The van der Waals surface area contributed by atoms with E-state index < -0.39 is 0 Å². The molecule has 0 saturated carbocycles. The minimum absolute atomic E-state index is 0.180. The maximum absolute atomic E-state index is 11.6. The van der Waals surface area contributed by atoms with Crippen molar-refractivity contribution in [1.29, 1.82) is 0 Å². The largest absolute Gasteiger partial charge is 0.466 e. The van der Waals surface area contributed by atoms with Gasteiger partial charge >= 0.3 is 5.97 Å². The van der Waals surface area contributed by atoms with Gasteiger partial charge in [0.25, 0.3) is 0 Å². The second-order valence-corrected chi connectivity index (χ2v) is 6.78. The zero-order valence-electron chi connectivity index (χ0n) is 14.2. The monoisotopic (exact) mass is 368 g/mol. The number of esters is 1. The molecular formula is C18H22Cl2N2O2. The lowest BCUT2D eigenvalue weighted by Gasteiger charge is -2.05. The number of halogens is 2. The summed E-state index contributed by atoms with van der Waals surface area (Å²) in [5.41, 5.74) is 3.03. The number of hydrogen-bond acceptors (Lipinski definition) is 3. The third kappa shape index (κ3) is 4.99. The van der Waals surface area contributed by atoms with Gasteiger partial charge in [-0.3, -0.25) is 9.48 Å². The lowest BCUT2D eigenvalue weighted by molar-refractivity contribution is -0.143. The molecule has 0 fully saturated rings. The van der Waals surface area contributed by atoms with Crippen molar-refractivity contribution in [2.45, 2.75) is 46.1 Å².